The maximum Gasteiger partial charge on any atom is 0.325 e. The molecule has 1 heterocycles. The minimum absolute atomic E-state index is 0.382. The Morgan fingerprint density at radius 2 is 1.59 bits per heavy atom. The molecule has 0 spiro atoms. The van der Waals surface area contributed by atoms with Crippen molar-refractivity contribution in [1.29, 1.82) is 0 Å². The summed E-state index contributed by atoms with van der Waals surface area (Å²) in [6.07, 6.45) is 0.382. The van der Waals surface area contributed by atoms with Crippen LogP contribution in [0.15, 0.2) is 94.7 Å². The number of anilines is 1. The number of urea groups is 1. The van der Waals surface area contributed by atoms with Gasteiger partial charge >= 0.3 is 6.03 Å². The van der Waals surface area contributed by atoms with Gasteiger partial charge in [-0.3, -0.25) is 14.5 Å². The van der Waals surface area contributed by atoms with Crippen LogP contribution in [0.5, 0.6) is 0 Å². The van der Waals surface area contributed by atoms with E-state index >= 15 is 0 Å². The second kappa shape index (κ2) is 9.70. The van der Waals surface area contributed by atoms with E-state index in [9.17, 15) is 14.4 Å². The van der Waals surface area contributed by atoms with Crippen molar-refractivity contribution in [1.82, 2.24) is 10.2 Å². The van der Waals surface area contributed by atoms with Crippen molar-refractivity contribution in [2.75, 3.05) is 5.32 Å². The van der Waals surface area contributed by atoms with Crippen LogP contribution in [0.2, 0.25) is 0 Å². The fourth-order valence-corrected chi connectivity index (χ4v) is 4.45. The quantitative estimate of drug-likeness (QED) is 0.531. The van der Waals surface area contributed by atoms with Gasteiger partial charge < -0.3 is 10.6 Å². The van der Waals surface area contributed by atoms with E-state index in [0.29, 0.717) is 12.1 Å². The maximum absolute atomic E-state index is 13.0. The number of para-hydroxylation sites is 1. The first-order valence-electron chi connectivity index (χ1n) is 10.3. The molecule has 0 bridgehead atoms. The smallest absolute Gasteiger partial charge is 0.325 e. The Morgan fingerprint density at radius 1 is 0.969 bits per heavy atom. The summed E-state index contributed by atoms with van der Waals surface area (Å²) < 4.78 is 0. The first-order chi connectivity index (χ1) is 15.5. The molecule has 6 nitrogen and oxygen atoms in total. The third kappa shape index (κ3) is 4.84. The normalized spacial score (nSPS) is 16.5. The minimum atomic E-state index is -0.946. The van der Waals surface area contributed by atoms with E-state index in [-0.39, 0.29) is 0 Å². The molecule has 4 rings (SSSR count). The zero-order valence-electron chi connectivity index (χ0n) is 17.5. The van der Waals surface area contributed by atoms with E-state index in [0.717, 1.165) is 20.3 Å². The second-order valence-corrected chi connectivity index (χ2v) is 8.59. The van der Waals surface area contributed by atoms with Crippen molar-refractivity contribution in [2.45, 2.75) is 35.2 Å². The molecule has 0 saturated carbocycles. The molecule has 2 atom stereocenters. The fraction of sp³-hybridized carbons (Fsp3) is 0.160. The zero-order valence-corrected chi connectivity index (χ0v) is 18.3. The molecule has 1 saturated heterocycles. The number of rotatable bonds is 7. The van der Waals surface area contributed by atoms with Gasteiger partial charge in [-0.1, -0.05) is 72.4 Å². The Balaban J connectivity index is 1.45. The topological polar surface area (TPSA) is 78.5 Å². The Hall–Kier alpha value is -3.58. The highest BCUT2D eigenvalue weighted by molar-refractivity contribution is 7.99. The van der Waals surface area contributed by atoms with E-state index in [4.69, 9.17) is 0 Å². The second-order valence-electron chi connectivity index (χ2n) is 7.48. The molecule has 1 aliphatic heterocycles. The number of nitrogens with zero attached hydrogens (tertiary/aromatic N) is 1. The lowest BCUT2D eigenvalue weighted by Crippen LogP contribution is -2.46. The van der Waals surface area contributed by atoms with Crippen molar-refractivity contribution < 1.29 is 14.4 Å². The molecule has 0 aliphatic carbocycles. The first-order valence-corrected chi connectivity index (χ1v) is 11.1. The van der Waals surface area contributed by atoms with Crippen molar-refractivity contribution >= 4 is 35.3 Å². The van der Waals surface area contributed by atoms with Gasteiger partial charge in [-0.2, -0.15) is 0 Å². The summed E-state index contributed by atoms with van der Waals surface area (Å²) in [4.78, 5) is 41.3. The van der Waals surface area contributed by atoms with Gasteiger partial charge in [0.05, 0.1) is 5.69 Å². The summed E-state index contributed by atoms with van der Waals surface area (Å²) in [7, 11) is 0. The Kier molecular flexibility index (Phi) is 6.56. The summed E-state index contributed by atoms with van der Waals surface area (Å²) >= 11 is 1.53. The van der Waals surface area contributed by atoms with Crippen LogP contribution in [0, 0.1) is 0 Å². The maximum atomic E-state index is 13.0. The molecule has 2 N–H and O–H groups in total. The van der Waals surface area contributed by atoms with E-state index in [1.807, 2.05) is 78.9 Å². The molecular formula is C25H23N3O3S. The Labute approximate surface area is 191 Å². The van der Waals surface area contributed by atoms with Crippen LogP contribution in [-0.4, -0.2) is 34.8 Å². The molecule has 7 heteroatoms. The monoisotopic (exact) mass is 445 g/mol. The van der Waals surface area contributed by atoms with Gasteiger partial charge in [-0.25, -0.2) is 4.79 Å². The van der Waals surface area contributed by atoms with Gasteiger partial charge in [-0.15, -0.1) is 0 Å². The molecule has 1 aliphatic rings. The predicted octanol–water partition coefficient (Wildman–Crippen LogP) is 4.33. The number of imide groups is 1. The number of carbonyl (C=O) groups excluding carboxylic acids is 3. The van der Waals surface area contributed by atoms with Crippen LogP contribution in [0.1, 0.15) is 12.5 Å². The Bertz CT molecular complexity index is 1120. The van der Waals surface area contributed by atoms with Crippen LogP contribution < -0.4 is 10.6 Å². The average Bonchev–Trinajstić information content (AvgIpc) is 3.08. The highest BCUT2D eigenvalue weighted by atomic mass is 32.2. The van der Waals surface area contributed by atoms with Crippen molar-refractivity contribution in [2.24, 2.45) is 0 Å². The van der Waals surface area contributed by atoms with Crippen molar-refractivity contribution in [3.05, 3.63) is 90.5 Å². The molecule has 3 aromatic carbocycles. The van der Waals surface area contributed by atoms with Crippen LogP contribution >= 0.6 is 11.8 Å². The van der Waals surface area contributed by atoms with Crippen LogP contribution in [-0.2, 0) is 16.0 Å². The standard InChI is InChI=1S/C25H23N3O3S/c1-17(28-24(30)21(27-25(28)31)16-18-10-4-2-5-11-18)23(29)26-20-14-8-9-15-22(20)32-19-12-6-3-7-13-19/h2-15,17,21H,16H2,1H3,(H,26,29)(H,27,31)/t17-,21+/m0/s1. The third-order valence-electron chi connectivity index (χ3n) is 5.22. The largest absolute Gasteiger partial charge is 0.325 e. The summed E-state index contributed by atoms with van der Waals surface area (Å²) in [6.45, 7) is 1.56. The van der Waals surface area contributed by atoms with Gasteiger partial charge in [0, 0.05) is 16.2 Å². The summed E-state index contributed by atoms with van der Waals surface area (Å²) in [5.74, 6) is -0.816. The highest BCUT2D eigenvalue weighted by Crippen LogP contribution is 2.33. The molecule has 1 fully saturated rings. The molecular weight excluding hydrogens is 422 g/mol. The van der Waals surface area contributed by atoms with Crippen molar-refractivity contribution in [3.63, 3.8) is 0 Å². The lowest BCUT2D eigenvalue weighted by atomic mass is 10.1. The average molecular weight is 446 g/mol. The number of carbonyl (C=O) groups is 3. The van der Waals surface area contributed by atoms with Crippen LogP contribution in [0.3, 0.4) is 0 Å². The fourth-order valence-electron chi connectivity index (χ4n) is 3.53. The van der Waals surface area contributed by atoms with Gasteiger partial charge in [0.15, 0.2) is 0 Å². The number of benzene rings is 3. The van der Waals surface area contributed by atoms with E-state index in [1.54, 1.807) is 13.0 Å². The van der Waals surface area contributed by atoms with E-state index in [1.165, 1.54) is 11.8 Å². The van der Waals surface area contributed by atoms with Gasteiger partial charge in [0.1, 0.15) is 12.1 Å². The van der Waals surface area contributed by atoms with Crippen LogP contribution in [0.4, 0.5) is 10.5 Å². The number of hydrogen-bond donors (Lipinski definition) is 2. The molecule has 32 heavy (non-hydrogen) atoms. The predicted molar refractivity (Wildman–Crippen MR) is 124 cm³/mol. The SMILES string of the molecule is C[C@@H](C(=O)Nc1ccccc1Sc1ccccc1)N1C(=O)N[C@H](Cc2ccccc2)C1=O. The Morgan fingerprint density at radius 3 is 2.31 bits per heavy atom. The molecule has 4 amide bonds. The molecule has 3 aromatic rings. The van der Waals surface area contributed by atoms with Crippen LogP contribution in [0.25, 0.3) is 0 Å². The molecule has 0 unspecified atom stereocenters. The van der Waals surface area contributed by atoms with E-state index in [2.05, 4.69) is 10.6 Å². The zero-order chi connectivity index (χ0) is 22.5. The number of hydrogen-bond acceptors (Lipinski definition) is 4. The van der Waals surface area contributed by atoms with Gasteiger partial charge in [0.2, 0.25) is 5.91 Å². The lowest BCUT2D eigenvalue weighted by molar-refractivity contribution is -0.133. The van der Waals surface area contributed by atoms with E-state index < -0.39 is 29.9 Å². The third-order valence-corrected chi connectivity index (χ3v) is 6.30. The first kappa shape index (κ1) is 21.6. The van der Waals surface area contributed by atoms with Crippen molar-refractivity contribution in [3.8, 4) is 0 Å². The number of amides is 4. The van der Waals surface area contributed by atoms with Gasteiger partial charge in [-0.05, 0) is 36.8 Å². The summed E-state index contributed by atoms with van der Waals surface area (Å²) in [5.41, 5.74) is 1.57. The highest BCUT2D eigenvalue weighted by Gasteiger charge is 2.42. The summed E-state index contributed by atoms with van der Waals surface area (Å²) in [6, 6.07) is 24.6. The lowest BCUT2D eigenvalue weighted by Gasteiger charge is -2.21. The molecule has 0 radical (unpaired) electrons. The number of nitrogens with one attached hydrogen (secondary N) is 2. The summed E-state index contributed by atoms with van der Waals surface area (Å²) in [5, 5.41) is 5.58. The minimum Gasteiger partial charge on any atom is -0.325 e. The molecule has 162 valence electrons. The molecule has 0 aromatic heterocycles. The van der Waals surface area contributed by atoms with Gasteiger partial charge in [0.25, 0.3) is 5.91 Å².